The molecule has 0 amide bonds. The van der Waals surface area contributed by atoms with Crippen molar-refractivity contribution >= 4 is 5.69 Å². The zero-order valence-electron chi connectivity index (χ0n) is 14.8. The van der Waals surface area contributed by atoms with Gasteiger partial charge >= 0.3 is 0 Å². The molecule has 3 aromatic rings. The Labute approximate surface area is 146 Å². The maximum Gasteiger partial charge on any atom is 0.160 e. The van der Waals surface area contributed by atoms with E-state index in [0.717, 1.165) is 22.6 Å². The normalized spacial score (nSPS) is 15.3. The number of rotatable bonds is 2. The molecule has 1 aliphatic rings. The van der Waals surface area contributed by atoms with Crippen LogP contribution < -0.4 is 10.1 Å². The third kappa shape index (κ3) is 2.43. The molecule has 0 saturated carbocycles. The summed E-state index contributed by atoms with van der Waals surface area (Å²) in [6.45, 7) is 6.23. The molecular formula is C20H21N3O2. The molecule has 128 valence electrons. The fraction of sp³-hybridized carbons (Fsp3) is 0.250. The standard InChI is InChI=1S/C20H21N3O2/c1-11-7-12(2)19-15(8-11)16-9-13(3)22-23(16)20(21-19)14-5-6-17(24)18(10-14)25-4/h5-10,20-21,24H,1-4H3/t20-/m1/s1. The summed E-state index contributed by atoms with van der Waals surface area (Å²) >= 11 is 0. The minimum absolute atomic E-state index is 0.131. The summed E-state index contributed by atoms with van der Waals surface area (Å²) in [4.78, 5) is 0. The van der Waals surface area contributed by atoms with Gasteiger partial charge in [-0.05, 0) is 50.6 Å². The van der Waals surface area contributed by atoms with E-state index >= 15 is 0 Å². The quantitative estimate of drug-likeness (QED) is 0.738. The summed E-state index contributed by atoms with van der Waals surface area (Å²) in [5.41, 5.74) is 7.76. The molecule has 25 heavy (non-hydrogen) atoms. The van der Waals surface area contributed by atoms with E-state index in [1.54, 1.807) is 13.2 Å². The second kappa shape index (κ2) is 5.55. The van der Waals surface area contributed by atoms with Crippen molar-refractivity contribution in [3.63, 3.8) is 0 Å². The fourth-order valence-electron chi connectivity index (χ4n) is 3.56. The predicted octanol–water partition coefficient (Wildman–Crippen LogP) is 4.16. The van der Waals surface area contributed by atoms with Crippen LogP contribution in [-0.2, 0) is 0 Å². The Morgan fingerprint density at radius 2 is 1.92 bits per heavy atom. The van der Waals surface area contributed by atoms with Crippen molar-refractivity contribution in [2.24, 2.45) is 0 Å². The van der Waals surface area contributed by atoms with E-state index in [1.165, 1.54) is 16.7 Å². The number of nitrogens with zero attached hydrogens (tertiary/aromatic N) is 2. The van der Waals surface area contributed by atoms with E-state index in [1.807, 2.05) is 23.7 Å². The van der Waals surface area contributed by atoms with Gasteiger partial charge in [0.2, 0.25) is 0 Å². The summed E-state index contributed by atoms with van der Waals surface area (Å²) in [7, 11) is 1.55. The number of phenolic OH excluding ortho intramolecular Hbond substituents is 1. The van der Waals surface area contributed by atoms with Crippen LogP contribution in [0.2, 0.25) is 0 Å². The third-order valence-electron chi connectivity index (χ3n) is 4.66. The Balaban J connectivity index is 1.91. The van der Waals surface area contributed by atoms with E-state index in [0.29, 0.717) is 5.75 Å². The van der Waals surface area contributed by atoms with Gasteiger partial charge in [-0.25, -0.2) is 4.68 Å². The van der Waals surface area contributed by atoms with Crippen LogP contribution in [0.3, 0.4) is 0 Å². The maximum absolute atomic E-state index is 9.90. The van der Waals surface area contributed by atoms with Crippen molar-refractivity contribution in [2.75, 3.05) is 12.4 Å². The number of aryl methyl sites for hydroxylation is 3. The zero-order chi connectivity index (χ0) is 17.7. The van der Waals surface area contributed by atoms with Gasteiger partial charge in [-0.1, -0.05) is 17.7 Å². The Bertz CT molecular complexity index is 975. The third-order valence-corrected chi connectivity index (χ3v) is 4.66. The minimum atomic E-state index is -0.160. The van der Waals surface area contributed by atoms with Crippen LogP contribution in [0.5, 0.6) is 11.5 Å². The second-order valence-electron chi connectivity index (χ2n) is 6.60. The summed E-state index contributed by atoms with van der Waals surface area (Å²) in [6, 6.07) is 11.9. The smallest absolute Gasteiger partial charge is 0.160 e. The van der Waals surface area contributed by atoms with Crippen molar-refractivity contribution in [3.05, 3.63) is 58.8 Å². The Morgan fingerprint density at radius 3 is 2.68 bits per heavy atom. The van der Waals surface area contributed by atoms with Crippen LogP contribution in [0.15, 0.2) is 36.4 Å². The van der Waals surface area contributed by atoms with E-state index in [4.69, 9.17) is 9.84 Å². The molecule has 0 unspecified atom stereocenters. The number of aromatic hydroxyl groups is 1. The number of phenols is 1. The highest BCUT2D eigenvalue weighted by Crippen LogP contribution is 2.42. The summed E-state index contributed by atoms with van der Waals surface area (Å²) < 4.78 is 7.27. The minimum Gasteiger partial charge on any atom is -0.504 e. The van der Waals surface area contributed by atoms with E-state index in [2.05, 4.69) is 37.4 Å². The van der Waals surface area contributed by atoms with Crippen LogP contribution in [0.4, 0.5) is 5.69 Å². The van der Waals surface area contributed by atoms with Gasteiger partial charge in [-0.15, -0.1) is 0 Å². The largest absolute Gasteiger partial charge is 0.504 e. The average Bonchev–Trinajstić information content (AvgIpc) is 2.97. The lowest BCUT2D eigenvalue weighted by Gasteiger charge is -2.31. The number of benzene rings is 2. The molecule has 0 spiro atoms. The van der Waals surface area contributed by atoms with Gasteiger partial charge in [0.1, 0.15) is 6.17 Å². The van der Waals surface area contributed by atoms with Gasteiger partial charge < -0.3 is 15.2 Å². The molecule has 0 fully saturated rings. The highest BCUT2D eigenvalue weighted by Gasteiger charge is 2.28. The predicted molar refractivity (Wildman–Crippen MR) is 98.3 cm³/mol. The van der Waals surface area contributed by atoms with Crippen molar-refractivity contribution in [1.82, 2.24) is 9.78 Å². The topological polar surface area (TPSA) is 59.3 Å². The SMILES string of the molecule is COc1cc([C@@H]2Nc3c(C)cc(C)cc3-c3cc(C)nn32)ccc1O. The number of hydrogen-bond acceptors (Lipinski definition) is 4. The molecule has 4 rings (SSSR count). The number of aromatic nitrogens is 2. The fourth-order valence-corrected chi connectivity index (χ4v) is 3.56. The van der Waals surface area contributed by atoms with Crippen LogP contribution in [0, 0.1) is 20.8 Å². The van der Waals surface area contributed by atoms with Crippen molar-refractivity contribution in [1.29, 1.82) is 0 Å². The number of nitrogens with one attached hydrogen (secondary N) is 1. The summed E-state index contributed by atoms with van der Waals surface area (Å²) in [5.74, 6) is 0.585. The van der Waals surface area contributed by atoms with Gasteiger partial charge in [-0.3, -0.25) is 0 Å². The molecule has 1 aromatic heterocycles. The van der Waals surface area contributed by atoms with Gasteiger partial charge in [0.15, 0.2) is 11.5 Å². The first kappa shape index (κ1) is 15.6. The molecule has 5 heteroatoms. The van der Waals surface area contributed by atoms with E-state index < -0.39 is 0 Å². The molecule has 1 aliphatic heterocycles. The highest BCUT2D eigenvalue weighted by atomic mass is 16.5. The molecule has 0 saturated heterocycles. The van der Waals surface area contributed by atoms with Crippen molar-refractivity contribution in [3.8, 4) is 22.8 Å². The van der Waals surface area contributed by atoms with E-state index in [9.17, 15) is 5.11 Å². The monoisotopic (exact) mass is 335 g/mol. The van der Waals surface area contributed by atoms with E-state index in [-0.39, 0.29) is 11.9 Å². The van der Waals surface area contributed by atoms with Gasteiger partial charge in [0.25, 0.3) is 0 Å². The first-order valence-electron chi connectivity index (χ1n) is 8.29. The molecule has 1 atom stereocenters. The van der Waals surface area contributed by atoms with Gasteiger partial charge in [0.05, 0.1) is 18.5 Å². The number of methoxy groups -OCH3 is 1. The van der Waals surface area contributed by atoms with Gasteiger partial charge in [-0.2, -0.15) is 5.10 Å². The van der Waals surface area contributed by atoms with Gasteiger partial charge in [0, 0.05) is 16.8 Å². The lowest BCUT2D eigenvalue weighted by atomic mass is 9.98. The number of fused-ring (bicyclic) bond motifs is 3. The summed E-state index contributed by atoms with van der Waals surface area (Å²) in [6.07, 6.45) is -0.160. The summed E-state index contributed by atoms with van der Waals surface area (Å²) in [5, 5.41) is 18.2. The number of ether oxygens (including phenoxy) is 1. The molecule has 0 radical (unpaired) electrons. The first-order valence-corrected chi connectivity index (χ1v) is 8.29. The number of anilines is 1. The molecule has 5 nitrogen and oxygen atoms in total. The molecule has 2 heterocycles. The van der Waals surface area contributed by atoms with Crippen LogP contribution >= 0.6 is 0 Å². The average molecular weight is 335 g/mol. The molecule has 0 bridgehead atoms. The lowest BCUT2D eigenvalue weighted by molar-refractivity contribution is 0.372. The maximum atomic E-state index is 9.90. The Hall–Kier alpha value is -2.95. The van der Waals surface area contributed by atoms with Crippen molar-refractivity contribution in [2.45, 2.75) is 26.9 Å². The zero-order valence-corrected chi connectivity index (χ0v) is 14.8. The van der Waals surface area contributed by atoms with Crippen LogP contribution in [-0.4, -0.2) is 22.0 Å². The molecule has 2 N–H and O–H groups in total. The number of hydrogen-bond donors (Lipinski definition) is 2. The first-order chi connectivity index (χ1) is 12.0. The Morgan fingerprint density at radius 1 is 1.12 bits per heavy atom. The molecular weight excluding hydrogens is 314 g/mol. The highest BCUT2D eigenvalue weighted by molar-refractivity contribution is 5.82. The molecule has 0 aliphatic carbocycles. The second-order valence-corrected chi connectivity index (χ2v) is 6.60. The van der Waals surface area contributed by atoms with Crippen molar-refractivity contribution < 1.29 is 9.84 Å². The van der Waals surface area contributed by atoms with Crippen LogP contribution in [0.25, 0.3) is 11.3 Å². The Kier molecular flexibility index (Phi) is 3.46. The molecule has 2 aromatic carbocycles. The lowest BCUT2D eigenvalue weighted by Crippen LogP contribution is -2.26. The van der Waals surface area contributed by atoms with Crippen LogP contribution in [0.1, 0.15) is 28.6 Å².